The maximum absolute atomic E-state index is 8.99. The zero-order valence-corrected chi connectivity index (χ0v) is 11.0. The maximum Gasteiger partial charge on any atom is 0.104 e. The number of hydrogen-bond acceptors (Lipinski definition) is 3. The fraction of sp³-hybridized carbons (Fsp3) is 0.417. The smallest absolute Gasteiger partial charge is 0.104 e. The van der Waals surface area contributed by atoms with Gasteiger partial charge in [-0.1, -0.05) is 23.7 Å². The van der Waals surface area contributed by atoms with Gasteiger partial charge in [-0.25, -0.2) is 0 Å². The largest absolute Gasteiger partial charge is 0.303 e. The molecular weight excluding hydrogens is 240 g/mol. The summed E-state index contributed by atoms with van der Waals surface area (Å²) in [6, 6.07) is 10.0. The van der Waals surface area contributed by atoms with Crippen LogP contribution in [0.5, 0.6) is 0 Å². The summed E-state index contributed by atoms with van der Waals surface area (Å²) in [5.41, 5.74) is -0.450. The van der Waals surface area contributed by atoms with Gasteiger partial charge in [0.05, 0.1) is 11.1 Å². The molecule has 2 nitrogen and oxygen atoms in total. The summed E-state index contributed by atoms with van der Waals surface area (Å²) in [5.74, 6) is 0.870. The molecule has 86 valence electrons. The highest BCUT2D eigenvalue weighted by atomic mass is 35.5. The van der Waals surface area contributed by atoms with Gasteiger partial charge >= 0.3 is 0 Å². The number of nitriles is 1. The fourth-order valence-electron chi connectivity index (χ4n) is 1.16. The van der Waals surface area contributed by atoms with E-state index < -0.39 is 5.54 Å². The first-order valence-electron chi connectivity index (χ1n) is 5.09. The predicted molar refractivity (Wildman–Crippen MR) is 69.9 cm³/mol. The van der Waals surface area contributed by atoms with E-state index in [2.05, 4.69) is 11.4 Å². The van der Waals surface area contributed by atoms with Gasteiger partial charge < -0.3 is 5.32 Å². The molecule has 0 saturated heterocycles. The summed E-state index contributed by atoms with van der Waals surface area (Å²) < 4.78 is 0. The molecule has 4 heteroatoms. The lowest BCUT2D eigenvalue weighted by molar-refractivity contribution is 0.480. The number of benzene rings is 1. The van der Waals surface area contributed by atoms with Crippen LogP contribution in [0.1, 0.15) is 13.3 Å². The number of thioether (sulfide) groups is 1. The Labute approximate surface area is 106 Å². The third-order valence-corrected chi connectivity index (χ3v) is 4.01. The van der Waals surface area contributed by atoms with Gasteiger partial charge in [0, 0.05) is 10.6 Å². The summed E-state index contributed by atoms with van der Waals surface area (Å²) >= 11 is 7.72. The van der Waals surface area contributed by atoms with Crippen molar-refractivity contribution in [2.75, 3.05) is 12.8 Å². The molecule has 1 rings (SSSR count). The molecule has 1 atom stereocenters. The second-order valence-corrected chi connectivity index (χ2v) is 5.27. The molecule has 0 heterocycles. The standard InChI is InChI=1S/C12H15ClN2S/c1-12(9-14,15-2)7-8-16-11-6-4-3-5-10(11)13/h3-6,15H,7-8H2,1-2H3. The highest BCUT2D eigenvalue weighted by Gasteiger charge is 2.20. The lowest BCUT2D eigenvalue weighted by atomic mass is 10.0. The van der Waals surface area contributed by atoms with E-state index in [0.717, 1.165) is 22.1 Å². The van der Waals surface area contributed by atoms with Crippen LogP contribution in [0.4, 0.5) is 0 Å². The van der Waals surface area contributed by atoms with Crippen molar-refractivity contribution in [3.63, 3.8) is 0 Å². The van der Waals surface area contributed by atoms with Crippen LogP contribution in [0.15, 0.2) is 29.2 Å². The molecule has 0 amide bonds. The zero-order chi connectivity index (χ0) is 12.0. The predicted octanol–water partition coefficient (Wildman–Crippen LogP) is 3.32. The third-order valence-electron chi connectivity index (χ3n) is 2.49. The van der Waals surface area contributed by atoms with Crippen LogP contribution < -0.4 is 5.32 Å². The SMILES string of the molecule is CNC(C)(C#N)CCSc1ccccc1Cl. The monoisotopic (exact) mass is 254 g/mol. The Morgan fingerprint density at radius 3 is 2.75 bits per heavy atom. The minimum Gasteiger partial charge on any atom is -0.303 e. The molecule has 0 saturated carbocycles. The molecule has 0 spiro atoms. The van der Waals surface area contributed by atoms with E-state index in [1.54, 1.807) is 11.8 Å². The normalized spacial score (nSPS) is 14.1. The number of halogens is 1. The Hall–Kier alpha value is -0.690. The van der Waals surface area contributed by atoms with Gasteiger partial charge in [0.1, 0.15) is 5.54 Å². The van der Waals surface area contributed by atoms with E-state index in [1.165, 1.54) is 0 Å². The molecule has 0 bridgehead atoms. The number of nitrogens with zero attached hydrogens (tertiary/aromatic N) is 1. The zero-order valence-electron chi connectivity index (χ0n) is 9.46. The van der Waals surface area contributed by atoms with E-state index in [9.17, 15) is 0 Å². The molecule has 0 fully saturated rings. The van der Waals surface area contributed by atoms with E-state index >= 15 is 0 Å². The highest BCUT2D eigenvalue weighted by Crippen LogP contribution is 2.28. The lowest BCUT2D eigenvalue weighted by Crippen LogP contribution is -2.38. The second kappa shape index (κ2) is 6.15. The van der Waals surface area contributed by atoms with Crippen LogP contribution in [-0.4, -0.2) is 18.3 Å². The molecule has 0 aliphatic heterocycles. The van der Waals surface area contributed by atoms with Gasteiger partial charge in [0.2, 0.25) is 0 Å². The van der Waals surface area contributed by atoms with Crippen LogP contribution >= 0.6 is 23.4 Å². The summed E-state index contributed by atoms with van der Waals surface area (Å²) in [6.45, 7) is 1.90. The van der Waals surface area contributed by atoms with Crippen LogP contribution in [0, 0.1) is 11.3 Å². The van der Waals surface area contributed by atoms with Gasteiger partial charge in [-0.2, -0.15) is 5.26 Å². The maximum atomic E-state index is 8.99. The van der Waals surface area contributed by atoms with E-state index in [-0.39, 0.29) is 0 Å². The van der Waals surface area contributed by atoms with Crippen molar-refractivity contribution in [2.24, 2.45) is 0 Å². The summed E-state index contributed by atoms with van der Waals surface area (Å²) in [5, 5.41) is 12.8. The Morgan fingerprint density at radius 1 is 1.50 bits per heavy atom. The van der Waals surface area contributed by atoms with Crippen LogP contribution in [0.25, 0.3) is 0 Å². The summed E-state index contributed by atoms with van der Waals surface area (Å²) in [4.78, 5) is 1.07. The molecule has 1 aromatic carbocycles. The van der Waals surface area contributed by atoms with Crippen LogP contribution in [0.3, 0.4) is 0 Å². The average Bonchev–Trinajstić information content (AvgIpc) is 2.31. The lowest BCUT2D eigenvalue weighted by Gasteiger charge is -2.20. The Kier molecular flexibility index (Phi) is 5.14. The first kappa shape index (κ1) is 13.4. The van der Waals surface area contributed by atoms with Crippen molar-refractivity contribution >= 4 is 23.4 Å². The summed E-state index contributed by atoms with van der Waals surface area (Å²) in [7, 11) is 1.81. The third kappa shape index (κ3) is 3.71. The Morgan fingerprint density at radius 2 is 2.19 bits per heavy atom. The molecular formula is C12H15ClN2S. The Balaban J connectivity index is 2.48. The van der Waals surface area contributed by atoms with Crippen molar-refractivity contribution in [3.8, 4) is 6.07 Å². The van der Waals surface area contributed by atoms with Crippen molar-refractivity contribution in [1.82, 2.24) is 5.32 Å². The molecule has 1 unspecified atom stereocenters. The summed E-state index contributed by atoms with van der Waals surface area (Å²) in [6.07, 6.45) is 0.788. The van der Waals surface area contributed by atoms with Crippen LogP contribution in [0.2, 0.25) is 5.02 Å². The topological polar surface area (TPSA) is 35.8 Å². The molecule has 1 aromatic rings. The quantitative estimate of drug-likeness (QED) is 0.819. The van der Waals surface area contributed by atoms with Crippen molar-refractivity contribution in [1.29, 1.82) is 5.26 Å². The van der Waals surface area contributed by atoms with Crippen molar-refractivity contribution in [3.05, 3.63) is 29.3 Å². The van der Waals surface area contributed by atoms with Crippen molar-refractivity contribution < 1.29 is 0 Å². The average molecular weight is 255 g/mol. The van der Waals surface area contributed by atoms with Gasteiger partial charge in [-0.05, 0) is 32.5 Å². The highest BCUT2D eigenvalue weighted by molar-refractivity contribution is 7.99. The molecule has 0 aliphatic carbocycles. The van der Waals surface area contributed by atoms with Crippen molar-refractivity contribution in [2.45, 2.75) is 23.8 Å². The van der Waals surface area contributed by atoms with Gasteiger partial charge in [-0.15, -0.1) is 11.8 Å². The fourth-order valence-corrected chi connectivity index (χ4v) is 2.57. The van der Waals surface area contributed by atoms with Gasteiger partial charge in [-0.3, -0.25) is 0 Å². The van der Waals surface area contributed by atoms with E-state index in [1.807, 2.05) is 38.2 Å². The minimum atomic E-state index is -0.450. The van der Waals surface area contributed by atoms with Crippen LogP contribution in [-0.2, 0) is 0 Å². The first-order valence-corrected chi connectivity index (χ1v) is 6.45. The van der Waals surface area contributed by atoms with Gasteiger partial charge in [0.25, 0.3) is 0 Å². The minimum absolute atomic E-state index is 0.450. The second-order valence-electron chi connectivity index (χ2n) is 3.72. The Bertz CT molecular complexity index is 389. The first-order chi connectivity index (χ1) is 7.61. The molecule has 0 aromatic heterocycles. The molecule has 0 aliphatic rings. The van der Waals surface area contributed by atoms with E-state index in [4.69, 9.17) is 16.9 Å². The number of rotatable bonds is 5. The number of nitrogens with one attached hydrogen (secondary N) is 1. The van der Waals surface area contributed by atoms with Gasteiger partial charge in [0.15, 0.2) is 0 Å². The van der Waals surface area contributed by atoms with E-state index in [0.29, 0.717) is 0 Å². The molecule has 16 heavy (non-hydrogen) atoms. The molecule has 0 radical (unpaired) electrons. The number of hydrogen-bond donors (Lipinski definition) is 1. The molecule has 1 N–H and O–H groups in total.